The van der Waals surface area contributed by atoms with Crippen LogP contribution < -0.4 is 0 Å². The molecule has 2 nitrogen and oxygen atoms in total. The van der Waals surface area contributed by atoms with Crippen LogP contribution in [0.5, 0.6) is 0 Å². The molecule has 0 radical (unpaired) electrons. The third kappa shape index (κ3) is 15.2. The van der Waals surface area contributed by atoms with Crippen molar-refractivity contribution >= 4 is 5.97 Å². The molecule has 17 heavy (non-hydrogen) atoms. The van der Waals surface area contributed by atoms with Gasteiger partial charge in [0.2, 0.25) is 0 Å². The van der Waals surface area contributed by atoms with Crippen LogP contribution in [0.1, 0.15) is 65.7 Å². The van der Waals surface area contributed by atoms with Gasteiger partial charge in [0.15, 0.2) is 0 Å². The molecular formula is C15H28O2. The van der Waals surface area contributed by atoms with Gasteiger partial charge in [-0.25, -0.2) is 0 Å². The highest BCUT2D eigenvalue weighted by molar-refractivity contribution is 5.65. The van der Waals surface area contributed by atoms with Crippen molar-refractivity contribution in [3.8, 4) is 0 Å². The first-order valence-corrected chi connectivity index (χ1v) is 6.91. The van der Waals surface area contributed by atoms with Crippen LogP contribution in [0, 0.1) is 5.92 Å². The minimum Gasteiger partial charge on any atom is -0.466 e. The van der Waals surface area contributed by atoms with Gasteiger partial charge < -0.3 is 4.74 Å². The molecular weight excluding hydrogens is 212 g/mol. The van der Waals surface area contributed by atoms with Gasteiger partial charge >= 0.3 is 5.97 Å². The van der Waals surface area contributed by atoms with E-state index >= 15 is 0 Å². The fourth-order valence-electron chi connectivity index (χ4n) is 1.64. The average Bonchev–Trinajstić information content (AvgIpc) is 2.25. The lowest BCUT2D eigenvalue weighted by Gasteiger charge is -2.02. The number of unbranched alkanes of at least 4 members (excludes halogenated alkanes) is 4. The van der Waals surface area contributed by atoms with Crippen molar-refractivity contribution in [1.82, 2.24) is 0 Å². The van der Waals surface area contributed by atoms with Crippen molar-refractivity contribution in [2.24, 2.45) is 5.92 Å². The topological polar surface area (TPSA) is 26.3 Å². The number of esters is 1. The number of hydrogen-bond donors (Lipinski definition) is 0. The van der Waals surface area contributed by atoms with Crippen molar-refractivity contribution in [2.75, 3.05) is 6.61 Å². The fraction of sp³-hybridized carbons (Fsp3) is 0.800. The zero-order valence-electron chi connectivity index (χ0n) is 11.7. The summed E-state index contributed by atoms with van der Waals surface area (Å²) in [4.78, 5) is 10.5. The molecule has 0 aromatic rings. The Labute approximate surface area is 106 Å². The van der Waals surface area contributed by atoms with Crippen LogP contribution in [-0.2, 0) is 9.53 Å². The summed E-state index contributed by atoms with van der Waals surface area (Å²) in [6.45, 7) is 6.56. The summed E-state index contributed by atoms with van der Waals surface area (Å²) in [5.41, 5.74) is 0. The number of ether oxygens (including phenoxy) is 1. The van der Waals surface area contributed by atoms with E-state index in [2.05, 4.69) is 26.0 Å². The summed E-state index contributed by atoms with van der Waals surface area (Å²) in [5.74, 6) is 0.658. The Morgan fingerprint density at radius 3 is 2.29 bits per heavy atom. The van der Waals surface area contributed by atoms with E-state index < -0.39 is 0 Å². The number of allylic oxidation sites excluding steroid dienone is 2. The van der Waals surface area contributed by atoms with E-state index in [-0.39, 0.29) is 5.97 Å². The van der Waals surface area contributed by atoms with Crippen LogP contribution >= 0.6 is 0 Å². The normalized spacial score (nSPS) is 11.3. The third-order valence-electron chi connectivity index (χ3n) is 2.64. The summed E-state index contributed by atoms with van der Waals surface area (Å²) in [5, 5.41) is 0. The molecule has 0 aliphatic rings. The van der Waals surface area contributed by atoms with Crippen molar-refractivity contribution < 1.29 is 9.53 Å². The van der Waals surface area contributed by atoms with Crippen LogP contribution in [0.4, 0.5) is 0 Å². The van der Waals surface area contributed by atoms with Gasteiger partial charge in [-0.15, -0.1) is 0 Å². The molecule has 0 aliphatic heterocycles. The predicted molar refractivity (Wildman–Crippen MR) is 72.9 cm³/mol. The highest BCUT2D eigenvalue weighted by Crippen LogP contribution is 2.09. The molecule has 0 heterocycles. The van der Waals surface area contributed by atoms with Crippen molar-refractivity contribution in [3.63, 3.8) is 0 Å². The maximum Gasteiger partial charge on any atom is 0.302 e. The van der Waals surface area contributed by atoms with Gasteiger partial charge in [-0.1, -0.05) is 45.3 Å². The average molecular weight is 240 g/mol. The fourth-order valence-corrected chi connectivity index (χ4v) is 1.64. The zero-order chi connectivity index (χ0) is 12.9. The minimum atomic E-state index is -0.181. The van der Waals surface area contributed by atoms with E-state index in [1.54, 1.807) is 0 Å². The first-order valence-electron chi connectivity index (χ1n) is 6.91. The van der Waals surface area contributed by atoms with Gasteiger partial charge in [0.25, 0.3) is 0 Å². The van der Waals surface area contributed by atoms with E-state index in [9.17, 15) is 4.79 Å². The molecule has 0 fully saturated rings. The van der Waals surface area contributed by atoms with Crippen LogP contribution in [0.3, 0.4) is 0 Å². The molecule has 100 valence electrons. The van der Waals surface area contributed by atoms with Crippen LogP contribution in [0.15, 0.2) is 12.2 Å². The number of carbonyl (C=O) groups is 1. The summed E-state index contributed by atoms with van der Waals surface area (Å²) < 4.78 is 4.85. The van der Waals surface area contributed by atoms with E-state index in [4.69, 9.17) is 4.74 Å². The Morgan fingerprint density at radius 2 is 1.71 bits per heavy atom. The Hall–Kier alpha value is -0.790. The molecule has 0 bridgehead atoms. The number of rotatable bonds is 10. The maximum atomic E-state index is 10.5. The maximum absolute atomic E-state index is 10.5. The smallest absolute Gasteiger partial charge is 0.302 e. The van der Waals surface area contributed by atoms with E-state index in [1.165, 1.54) is 39.0 Å². The largest absolute Gasteiger partial charge is 0.466 e. The summed E-state index contributed by atoms with van der Waals surface area (Å²) in [6.07, 6.45) is 12.9. The second-order valence-corrected chi connectivity index (χ2v) is 4.99. The first-order chi connectivity index (χ1) is 8.13. The van der Waals surface area contributed by atoms with Crippen molar-refractivity contribution in [2.45, 2.75) is 65.7 Å². The molecule has 0 aliphatic carbocycles. The summed E-state index contributed by atoms with van der Waals surface area (Å²) in [7, 11) is 0. The van der Waals surface area contributed by atoms with Gasteiger partial charge in [-0.3, -0.25) is 4.79 Å². The molecule has 0 atom stereocenters. The summed E-state index contributed by atoms with van der Waals surface area (Å²) >= 11 is 0. The lowest BCUT2D eigenvalue weighted by atomic mass is 10.0. The Bertz CT molecular complexity index is 207. The Balaban J connectivity index is 3.12. The third-order valence-corrected chi connectivity index (χ3v) is 2.64. The molecule has 0 spiro atoms. The highest BCUT2D eigenvalue weighted by Gasteiger charge is 1.93. The molecule has 0 saturated carbocycles. The van der Waals surface area contributed by atoms with E-state index in [0.29, 0.717) is 6.61 Å². The van der Waals surface area contributed by atoms with Gasteiger partial charge in [0.05, 0.1) is 6.61 Å². The lowest BCUT2D eigenvalue weighted by molar-refractivity contribution is -0.141. The van der Waals surface area contributed by atoms with Gasteiger partial charge in [0, 0.05) is 6.92 Å². The molecule has 0 aromatic heterocycles. The lowest BCUT2D eigenvalue weighted by Crippen LogP contribution is -1.99. The van der Waals surface area contributed by atoms with Crippen LogP contribution in [-0.4, -0.2) is 12.6 Å². The summed E-state index contributed by atoms with van der Waals surface area (Å²) in [6, 6.07) is 0. The van der Waals surface area contributed by atoms with Gasteiger partial charge in [-0.2, -0.15) is 0 Å². The second kappa shape index (κ2) is 11.7. The quantitative estimate of drug-likeness (QED) is 0.319. The van der Waals surface area contributed by atoms with Crippen LogP contribution in [0.25, 0.3) is 0 Å². The molecule has 2 heteroatoms. The van der Waals surface area contributed by atoms with Gasteiger partial charge in [0.1, 0.15) is 0 Å². The predicted octanol–water partition coefficient (Wildman–Crippen LogP) is 4.49. The second-order valence-electron chi connectivity index (χ2n) is 4.99. The highest BCUT2D eigenvalue weighted by atomic mass is 16.5. The first kappa shape index (κ1) is 16.2. The van der Waals surface area contributed by atoms with Gasteiger partial charge in [-0.05, 0) is 31.6 Å². The zero-order valence-corrected chi connectivity index (χ0v) is 11.7. The Morgan fingerprint density at radius 1 is 1.06 bits per heavy atom. The molecule has 0 N–H and O–H groups in total. The molecule has 0 unspecified atom stereocenters. The monoisotopic (exact) mass is 240 g/mol. The van der Waals surface area contributed by atoms with Crippen molar-refractivity contribution in [3.05, 3.63) is 12.2 Å². The Kier molecular flexibility index (Phi) is 11.1. The number of hydrogen-bond acceptors (Lipinski definition) is 2. The molecule has 0 aromatic carbocycles. The molecule has 0 rings (SSSR count). The number of carbonyl (C=O) groups excluding carboxylic acids is 1. The van der Waals surface area contributed by atoms with Crippen molar-refractivity contribution in [1.29, 1.82) is 0 Å². The standard InChI is InChI=1S/C15H28O2/c1-14(2)12-10-8-6-4-5-7-9-11-13-17-15(3)16/h5,7,14H,4,6,8-13H2,1-3H3. The van der Waals surface area contributed by atoms with Crippen LogP contribution in [0.2, 0.25) is 0 Å². The van der Waals surface area contributed by atoms with E-state index in [1.807, 2.05) is 0 Å². The SMILES string of the molecule is CC(=O)OCCCC=CCCCCCC(C)C. The minimum absolute atomic E-state index is 0.181. The molecule has 0 amide bonds. The van der Waals surface area contributed by atoms with E-state index in [0.717, 1.165) is 18.8 Å². The molecule has 0 saturated heterocycles.